The number of nitrogens with zero attached hydrogens (tertiary/aromatic N) is 1. The van der Waals surface area contributed by atoms with Gasteiger partial charge in [-0.25, -0.2) is 13.6 Å². The Hall–Kier alpha value is -1.69. The number of nitrogens with one attached hydrogen (secondary N) is 2. The molecular weight excluding hydrogens is 264 g/mol. The molecule has 1 aliphatic rings. The van der Waals surface area contributed by atoms with Crippen molar-refractivity contribution in [1.29, 1.82) is 0 Å². The summed E-state index contributed by atoms with van der Waals surface area (Å²) in [4.78, 5) is 13.9. The number of carbonyl (C=O) groups excluding carboxylic acids is 1. The topological polar surface area (TPSA) is 44.4 Å². The number of hydrogen-bond acceptors (Lipinski definition) is 2. The quantitative estimate of drug-likeness (QED) is 0.895. The molecular formula is C14H19F2N3O. The van der Waals surface area contributed by atoms with Gasteiger partial charge < -0.3 is 15.5 Å². The van der Waals surface area contributed by atoms with E-state index in [1.54, 1.807) is 4.90 Å². The van der Waals surface area contributed by atoms with E-state index in [9.17, 15) is 13.6 Å². The number of halogens is 2. The first kappa shape index (κ1) is 14.7. The summed E-state index contributed by atoms with van der Waals surface area (Å²) in [5.74, 6) is -1.43. The molecule has 0 radical (unpaired) electrons. The van der Waals surface area contributed by atoms with E-state index >= 15 is 0 Å². The second-order valence-corrected chi connectivity index (χ2v) is 4.82. The minimum Gasteiger partial charge on any atom is -0.322 e. The Morgan fingerprint density at radius 1 is 1.40 bits per heavy atom. The predicted octanol–water partition coefficient (Wildman–Crippen LogP) is 2.57. The molecule has 0 saturated carbocycles. The highest BCUT2D eigenvalue weighted by atomic mass is 19.1. The molecule has 4 nitrogen and oxygen atoms in total. The van der Waals surface area contributed by atoms with Crippen molar-refractivity contribution in [1.82, 2.24) is 10.2 Å². The molecule has 1 aliphatic heterocycles. The molecule has 20 heavy (non-hydrogen) atoms. The third-order valence-corrected chi connectivity index (χ3v) is 3.52. The Balaban J connectivity index is 2.04. The molecule has 0 unspecified atom stereocenters. The van der Waals surface area contributed by atoms with Gasteiger partial charge in [0, 0.05) is 18.7 Å². The number of anilines is 1. The van der Waals surface area contributed by atoms with Crippen LogP contribution in [0.15, 0.2) is 18.2 Å². The van der Waals surface area contributed by atoms with Crippen LogP contribution in [-0.2, 0) is 0 Å². The molecule has 1 aromatic carbocycles. The lowest BCUT2D eigenvalue weighted by atomic mass is 10.1. The minimum absolute atomic E-state index is 0.00350. The normalized spacial score (nSPS) is 15.9. The van der Waals surface area contributed by atoms with Gasteiger partial charge >= 0.3 is 6.03 Å². The average Bonchev–Trinajstić information content (AvgIpc) is 2.44. The Morgan fingerprint density at radius 2 is 2.10 bits per heavy atom. The van der Waals surface area contributed by atoms with Gasteiger partial charge in [-0.2, -0.15) is 0 Å². The van der Waals surface area contributed by atoms with Crippen LogP contribution in [0.5, 0.6) is 0 Å². The number of piperidine rings is 1. The SMILES string of the molecule is CCN(C(=O)Nc1ccc(F)cc1F)C1CCNCC1. The molecule has 0 bridgehead atoms. The number of urea groups is 1. The molecule has 0 spiro atoms. The maximum Gasteiger partial charge on any atom is 0.322 e. The number of rotatable bonds is 3. The summed E-state index contributed by atoms with van der Waals surface area (Å²) >= 11 is 0. The summed E-state index contributed by atoms with van der Waals surface area (Å²) in [6.07, 6.45) is 1.76. The molecule has 2 rings (SSSR count). The van der Waals surface area contributed by atoms with Crippen LogP contribution < -0.4 is 10.6 Å². The number of carbonyl (C=O) groups is 1. The van der Waals surface area contributed by atoms with Crippen LogP contribution in [0.2, 0.25) is 0 Å². The summed E-state index contributed by atoms with van der Waals surface area (Å²) in [6.45, 7) is 4.20. The number of hydrogen-bond donors (Lipinski definition) is 2. The van der Waals surface area contributed by atoms with E-state index in [0.717, 1.165) is 38.1 Å². The highest BCUT2D eigenvalue weighted by molar-refractivity contribution is 5.89. The number of amides is 2. The van der Waals surface area contributed by atoms with Gasteiger partial charge in [-0.3, -0.25) is 0 Å². The van der Waals surface area contributed by atoms with Gasteiger partial charge in [0.25, 0.3) is 0 Å². The summed E-state index contributed by atoms with van der Waals surface area (Å²) in [6, 6.07) is 2.93. The van der Waals surface area contributed by atoms with Crippen LogP contribution in [0.1, 0.15) is 19.8 Å². The van der Waals surface area contributed by atoms with Gasteiger partial charge in [-0.05, 0) is 45.0 Å². The molecule has 1 heterocycles. The molecule has 2 amide bonds. The van der Waals surface area contributed by atoms with E-state index < -0.39 is 11.6 Å². The van der Waals surface area contributed by atoms with Crippen LogP contribution >= 0.6 is 0 Å². The van der Waals surface area contributed by atoms with Crippen molar-refractivity contribution in [2.45, 2.75) is 25.8 Å². The standard InChI is InChI=1S/C14H19F2N3O/c1-2-19(11-5-7-17-8-6-11)14(20)18-13-4-3-10(15)9-12(13)16/h3-4,9,11,17H,2,5-8H2,1H3,(H,18,20). The lowest BCUT2D eigenvalue weighted by molar-refractivity contribution is 0.175. The largest absolute Gasteiger partial charge is 0.322 e. The first-order valence-corrected chi connectivity index (χ1v) is 6.85. The first-order valence-electron chi connectivity index (χ1n) is 6.85. The molecule has 110 valence electrons. The average molecular weight is 283 g/mol. The molecule has 2 N–H and O–H groups in total. The van der Waals surface area contributed by atoms with E-state index in [1.807, 2.05) is 6.92 Å². The van der Waals surface area contributed by atoms with Crippen molar-refractivity contribution in [3.8, 4) is 0 Å². The molecule has 0 atom stereocenters. The van der Waals surface area contributed by atoms with E-state index in [4.69, 9.17) is 0 Å². The zero-order chi connectivity index (χ0) is 14.5. The fourth-order valence-electron chi connectivity index (χ4n) is 2.46. The third kappa shape index (κ3) is 3.45. The zero-order valence-electron chi connectivity index (χ0n) is 11.5. The van der Waals surface area contributed by atoms with E-state index in [0.29, 0.717) is 6.54 Å². The minimum atomic E-state index is -0.764. The van der Waals surface area contributed by atoms with Crippen LogP contribution in [0.4, 0.5) is 19.3 Å². The van der Waals surface area contributed by atoms with E-state index in [2.05, 4.69) is 10.6 Å². The Morgan fingerprint density at radius 3 is 2.70 bits per heavy atom. The molecule has 1 aromatic rings. The maximum absolute atomic E-state index is 13.5. The van der Waals surface area contributed by atoms with Gasteiger partial charge in [-0.1, -0.05) is 0 Å². The van der Waals surface area contributed by atoms with Crippen molar-refractivity contribution in [3.63, 3.8) is 0 Å². The predicted molar refractivity (Wildman–Crippen MR) is 73.6 cm³/mol. The van der Waals surface area contributed by atoms with Crippen molar-refractivity contribution in [3.05, 3.63) is 29.8 Å². The first-order chi connectivity index (χ1) is 9.61. The fraction of sp³-hybridized carbons (Fsp3) is 0.500. The monoisotopic (exact) mass is 283 g/mol. The van der Waals surface area contributed by atoms with Crippen LogP contribution in [0.25, 0.3) is 0 Å². The van der Waals surface area contributed by atoms with Gasteiger partial charge in [-0.15, -0.1) is 0 Å². The van der Waals surface area contributed by atoms with Gasteiger partial charge in [0.1, 0.15) is 11.6 Å². The Bertz CT molecular complexity index is 475. The summed E-state index contributed by atoms with van der Waals surface area (Å²) < 4.78 is 26.4. The van der Waals surface area contributed by atoms with Crippen LogP contribution in [0.3, 0.4) is 0 Å². The molecule has 0 aliphatic carbocycles. The van der Waals surface area contributed by atoms with Crippen molar-refractivity contribution >= 4 is 11.7 Å². The lowest BCUT2D eigenvalue weighted by Gasteiger charge is -2.33. The highest BCUT2D eigenvalue weighted by Crippen LogP contribution is 2.18. The van der Waals surface area contributed by atoms with Crippen molar-refractivity contribution in [2.24, 2.45) is 0 Å². The molecule has 0 aromatic heterocycles. The summed E-state index contributed by atoms with van der Waals surface area (Å²) in [7, 11) is 0. The van der Waals surface area contributed by atoms with Crippen molar-refractivity contribution in [2.75, 3.05) is 25.0 Å². The van der Waals surface area contributed by atoms with Gasteiger partial charge in [0.15, 0.2) is 0 Å². The number of benzene rings is 1. The molecule has 1 fully saturated rings. The zero-order valence-corrected chi connectivity index (χ0v) is 11.5. The van der Waals surface area contributed by atoms with Gasteiger partial charge in [0.2, 0.25) is 0 Å². The molecule has 1 saturated heterocycles. The molecule has 6 heteroatoms. The second-order valence-electron chi connectivity index (χ2n) is 4.82. The summed E-state index contributed by atoms with van der Waals surface area (Å²) in [5, 5.41) is 5.75. The lowest BCUT2D eigenvalue weighted by Crippen LogP contribution is -2.47. The van der Waals surface area contributed by atoms with E-state index in [1.165, 1.54) is 6.07 Å². The van der Waals surface area contributed by atoms with Crippen molar-refractivity contribution < 1.29 is 13.6 Å². The summed E-state index contributed by atoms with van der Waals surface area (Å²) in [5.41, 5.74) is 0.00350. The second kappa shape index (κ2) is 6.65. The Labute approximate surface area is 117 Å². The smallest absolute Gasteiger partial charge is 0.322 e. The fourth-order valence-corrected chi connectivity index (χ4v) is 2.46. The Kier molecular flexibility index (Phi) is 4.89. The maximum atomic E-state index is 13.5. The highest BCUT2D eigenvalue weighted by Gasteiger charge is 2.24. The van der Waals surface area contributed by atoms with E-state index in [-0.39, 0.29) is 17.8 Å². The van der Waals surface area contributed by atoms with Crippen LogP contribution in [0, 0.1) is 11.6 Å². The third-order valence-electron chi connectivity index (χ3n) is 3.52. The van der Waals surface area contributed by atoms with Gasteiger partial charge in [0.05, 0.1) is 5.69 Å². The van der Waals surface area contributed by atoms with Crippen LogP contribution in [-0.4, -0.2) is 36.6 Å².